The molecule has 0 saturated heterocycles. The van der Waals surface area contributed by atoms with Crippen LogP contribution in [0.1, 0.15) is 51.9 Å². The van der Waals surface area contributed by atoms with Crippen LogP contribution in [0.4, 0.5) is 0 Å². The maximum absolute atomic E-state index is 12.3. The number of ketones is 1. The number of nitrogens with one attached hydrogen (secondary N) is 2. The molecule has 1 atom stereocenters. The highest BCUT2D eigenvalue weighted by Gasteiger charge is 2.22. The van der Waals surface area contributed by atoms with Crippen molar-refractivity contribution in [2.75, 3.05) is 0 Å². The van der Waals surface area contributed by atoms with Gasteiger partial charge in [-0.15, -0.1) is 20.4 Å². The summed E-state index contributed by atoms with van der Waals surface area (Å²) in [6, 6.07) is 7.46. The molecule has 2 rings (SSSR count). The SMILES string of the molecule is Cc1nnc(-c2ccc(CNC(=O)CCC(NC(C)C)C(=O)C(C)C)cc2)nn1. The standard InChI is InChI=1S/C21H30N6O2/c1-13(2)20(29)18(23-14(3)4)10-11-19(28)22-12-16-6-8-17(9-7-16)21-26-24-15(5)25-27-21/h6-9,13-14,18,23H,10-12H2,1-5H3,(H,22,28). The van der Waals surface area contributed by atoms with Crippen LogP contribution in [0.5, 0.6) is 0 Å². The van der Waals surface area contributed by atoms with Gasteiger partial charge in [-0.25, -0.2) is 0 Å². The molecule has 0 aliphatic heterocycles. The smallest absolute Gasteiger partial charge is 0.220 e. The van der Waals surface area contributed by atoms with Crippen LogP contribution in [0.25, 0.3) is 11.4 Å². The third-order valence-corrected chi connectivity index (χ3v) is 4.39. The number of carbonyl (C=O) groups excluding carboxylic acids is 2. The van der Waals surface area contributed by atoms with Gasteiger partial charge in [-0.1, -0.05) is 52.0 Å². The van der Waals surface area contributed by atoms with Crippen molar-refractivity contribution in [3.63, 3.8) is 0 Å². The second kappa shape index (κ2) is 10.7. The van der Waals surface area contributed by atoms with Crippen molar-refractivity contribution < 1.29 is 9.59 Å². The van der Waals surface area contributed by atoms with E-state index < -0.39 is 0 Å². The minimum Gasteiger partial charge on any atom is -0.352 e. The number of hydrogen-bond donors (Lipinski definition) is 2. The Labute approximate surface area is 171 Å². The van der Waals surface area contributed by atoms with Gasteiger partial charge in [0.1, 0.15) is 0 Å². The molecular weight excluding hydrogens is 368 g/mol. The van der Waals surface area contributed by atoms with E-state index in [1.807, 2.05) is 52.0 Å². The zero-order valence-electron chi connectivity index (χ0n) is 17.8. The molecule has 8 nitrogen and oxygen atoms in total. The summed E-state index contributed by atoms with van der Waals surface area (Å²) in [6.07, 6.45) is 0.792. The molecule has 8 heteroatoms. The lowest BCUT2D eigenvalue weighted by Gasteiger charge is -2.21. The Morgan fingerprint density at radius 2 is 1.59 bits per heavy atom. The highest BCUT2D eigenvalue weighted by molar-refractivity contribution is 5.86. The molecule has 0 fully saturated rings. The number of carbonyl (C=O) groups is 2. The minimum atomic E-state index is -0.295. The van der Waals surface area contributed by atoms with Crippen LogP contribution in [0.15, 0.2) is 24.3 Å². The van der Waals surface area contributed by atoms with Crippen LogP contribution in [-0.4, -0.2) is 44.2 Å². The summed E-state index contributed by atoms with van der Waals surface area (Å²) in [5, 5.41) is 22.0. The predicted molar refractivity (Wildman–Crippen MR) is 111 cm³/mol. The van der Waals surface area contributed by atoms with Crippen LogP contribution >= 0.6 is 0 Å². The van der Waals surface area contributed by atoms with Crippen molar-refractivity contribution in [3.05, 3.63) is 35.7 Å². The monoisotopic (exact) mass is 398 g/mol. The lowest BCUT2D eigenvalue weighted by atomic mass is 9.97. The number of aryl methyl sites for hydroxylation is 1. The van der Waals surface area contributed by atoms with Crippen molar-refractivity contribution in [1.29, 1.82) is 0 Å². The van der Waals surface area contributed by atoms with Gasteiger partial charge in [-0.2, -0.15) is 0 Å². The van der Waals surface area contributed by atoms with Gasteiger partial charge in [-0.3, -0.25) is 9.59 Å². The molecular formula is C21H30N6O2. The van der Waals surface area contributed by atoms with Crippen LogP contribution < -0.4 is 10.6 Å². The number of benzene rings is 1. The molecule has 0 aliphatic carbocycles. The molecule has 1 heterocycles. The van der Waals surface area contributed by atoms with Gasteiger partial charge < -0.3 is 10.6 Å². The molecule has 0 radical (unpaired) electrons. The van der Waals surface area contributed by atoms with Crippen LogP contribution in [0, 0.1) is 12.8 Å². The fourth-order valence-corrected chi connectivity index (χ4v) is 2.84. The van der Waals surface area contributed by atoms with Crippen molar-refractivity contribution in [1.82, 2.24) is 31.0 Å². The Kier molecular flexibility index (Phi) is 8.33. The molecule has 1 aromatic carbocycles. The van der Waals surface area contributed by atoms with Gasteiger partial charge in [0, 0.05) is 30.5 Å². The number of nitrogens with zero attached hydrogens (tertiary/aromatic N) is 4. The molecule has 2 aromatic rings. The normalized spacial score (nSPS) is 12.2. The first-order valence-corrected chi connectivity index (χ1v) is 9.96. The quantitative estimate of drug-likeness (QED) is 0.631. The largest absolute Gasteiger partial charge is 0.352 e. The molecule has 2 N–H and O–H groups in total. The lowest BCUT2D eigenvalue weighted by molar-refractivity contribution is -0.125. The van der Waals surface area contributed by atoms with E-state index in [-0.39, 0.29) is 29.7 Å². The van der Waals surface area contributed by atoms with Gasteiger partial charge in [0.15, 0.2) is 11.6 Å². The zero-order chi connectivity index (χ0) is 21.4. The number of aromatic nitrogens is 4. The highest BCUT2D eigenvalue weighted by atomic mass is 16.1. The topological polar surface area (TPSA) is 110 Å². The van der Waals surface area contributed by atoms with Gasteiger partial charge in [0.2, 0.25) is 11.7 Å². The highest BCUT2D eigenvalue weighted by Crippen LogP contribution is 2.14. The van der Waals surface area contributed by atoms with E-state index in [0.717, 1.165) is 11.1 Å². The minimum absolute atomic E-state index is 0.0595. The Morgan fingerprint density at radius 1 is 0.966 bits per heavy atom. The van der Waals surface area contributed by atoms with Crippen molar-refractivity contribution in [2.45, 2.75) is 66.1 Å². The summed E-state index contributed by atoms with van der Waals surface area (Å²) < 4.78 is 0. The molecule has 1 amide bonds. The molecule has 29 heavy (non-hydrogen) atoms. The molecule has 0 bridgehead atoms. The van der Waals surface area contributed by atoms with Crippen molar-refractivity contribution >= 4 is 11.7 Å². The zero-order valence-corrected chi connectivity index (χ0v) is 17.8. The first kappa shape index (κ1) is 22.5. The van der Waals surface area contributed by atoms with Crippen LogP contribution in [0.2, 0.25) is 0 Å². The Morgan fingerprint density at radius 3 is 2.14 bits per heavy atom. The van der Waals surface area contributed by atoms with Crippen molar-refractivity contribution in [2.24, 2.45) is 5.92 Å². The van der Waals surface area contributed by atoms with E-state index in [1.165, 1.54) is 0 Å². The van der Waals surface area contributed by atoms with Crippen molar-refractivity contribution in [3.8, 4) is 11.4 Å². The second-order valence-electron chi connectivity index (χ2n) is 7.71. The number of hydrogen-bond acceptors (Lipinski definition) is 7. The van der Waals surface area contributed by atoms with E-state index in [1.54, 1.807) is 6.92 Å². The first-order chi connectivity index (χ1) is 13.8. The number of rotatable bonds is 10. The average molecular weight is 399 g/mol. The fraction of sp³-hybridized carbons (Fsp3) is 0.524. The lowest BCUT2D eigenvalue weighted by Crippen LogP contribution is -2.43. The summed E-state index contributed by atoms with van der Waals surface area (Å²) in [5.41, 5.74) is 1.78. The molecule has 0 saturated carbocycles. The van der Waals surface area contributed by atoms with Crippen LogP contribution in [-0.2, 0) is 16.1 Å². The number of Topliss-reactive ketones (excluding diaryl/α,β-unsaturated/α-hetero) is 1. The summed E-state index contributed by atoms with van der Waals surface area (Å²) in [4.78, 5) is 24.6. The molecule has 156 valence electrons. The molecule has 0 spiro atoms. The average Bonchev–Trinajstić information content (AvgIpc) is 2.69. The van der Waals surface area contributed by atoms with Gasteiger partial charge in [-0.05, 0) is 18.9 Å². The van der Waals surface area contributed by atoms with E-state index in [4.69, 9.17) is 0 Å². The van der Waals surface area contributed by atoms with E-state index >= 15 is 0 Å². The molecule has 0 aliphatic rings. The van der Waals surface area contributed by atoms with Gasteiger partial charge in [0.05, 0.1) is 6.04 Å². The Bertz CT molecular complexity index is 803. The Balaban J connectivity index is 1.85. The Hall–Kier alpha value is -2.74. The first-order valence-electron chi connectivity index (χ1n) is 9.96. The second-order valence-corrected chi connectivity index (χ2v) is 7.71. The fourth-order valence-electron chi connectivity index (χ4n) is 2.84. The van der Waals surface area contributed by atoms with Gasteiger partial charge in [0.25, 0.3) is 0 Å². The summed E-state index contributed by atoms with van der Waals surface area (Å²) in [7, 11) is 0. The van der Waals surface area contributed by atoms with E-state index in [2.05, 4.69) is 31.0 Å². The number of amides is 1. The van der Waals surface area contributed by atoms with Crippen LogP contribution in [0.3, 0.4) is 0 Å². The van der Waals surface area contributed by atoms with E-state index in [0.29, 0.717) is 31.0 Å². The molecule has 1 unspecified atom stereocenters. The summed E-state index contributed by atoms with van der Waals surface area (Å²) in [5.74, 6) is 0.996. The van der Waals surface area contributed by atoms with E-state index in [9.17, 15) is 9.59 Å². The summed E-state index contributed by atoms with van der Waals surface area (Å²) >= 11 is 0. The third kappa shape index (κ3) is 7.30. The molecule has 1 aromatic heterocycles. The maximum atomic E-state index is 12.3. The third-order valence-electron chi connectivity index (χ3n) is 4.39. The van der Waals surface area contributed by atoms with Gasteiger partial charge >= 0.3 is 0 Å². The predicted octanol–water partition coefficient (Wildman–Crippen LogP) is 2.23. The summed E-state index contributed by atoms with van der Waals surface area (Å²) in [6.45, 7) is 9.92. The maximum Gasteiger partial charge on any atom is 0.220 e.